The largest absolute Gasteiger partial charge is 0.299 e. The number of likely N-dealkylation sites (tertiary alicyclic amines) is 2. The van der Waals surface area contributed by atoms with Crippen LogP contribution in [0.1, 0.15) is 45.4 Å². The molecule has 2 aliphatic heterocycles. The van der Waals surface area contributed by atoms with Crippen LogP contribution in [0.4, 0.5) is 0 Å². The van der Waals surface area contributed by atoms with Crippen molar-refractivity contribution < 1.29 is 28.8 Å². The summed E-state index contributed by atoms with van der Waals surface area (Å²) in [5.41, 5.74) is 0. The third-order valence-corrected chi connectivity index (χ3v) is 8.82. The molecule has 0 bridgehead atoms. The van der Waals surface area contributed by atoms with Gasteiger partial charge in [-0.3, -0.25) is 38.6 Å². The summed E-state index contributed by atoms with van der Waals surface area (Å²) in [5, 5.41) is -0.748. The summed E-state index contributed by atoms with van der Waals surface area (Å²) in [7, 11) is 0. The number of ketones is 2. The fourth-order valence-electron chi connectivity index (χ4n) is 4.93. The summed E-state index contributed by atoms with van der Waals surface area (Å²) in [4.78, 5) is 76.8. The molecule has 0 aromatic carbocycles. The number of hydrogen-bond donors (Lipinski definition) is 0. The average molecular weight is 483 g/mol. The number of carbonyl (C=O) groups excluding carboxylic acids is 6. The predicted octanol–water partition coefficient (Wildman–Crippen LogP) is 1.55. The maximum absolute atomic E-state index is 12.9. The van der Waals surface area contributed by atoms with Gasteiger partial charge in [-0.15, -0.1) is 0 Å². The van der Waals surface area contributed by atoms with Crippen molar-refractivity contribution in [3.8, 4) is 0 Å². The smallest absolute Gasteiger partial charge is 0.242 e. The molecule has 0 N–H and O–H groups in total. The first-order chi connectivity index (χ1) is 15.2. The summed E-state index contributed by atoms with van der Waals surface area (Å²) in [5.74, 6) is -1.91. The van der Waals surface area contributed by atoms with Gasteiger partial charge in [0.05, 0.1) is 10.5 Å². The van der Waals surface area contributed by atoms with Gasteiger partial charge in [0.2, 0.25) is 23.6 Å². The van der Waals surface area contributed by atoms with Crippen molar-refractivity contribution >= 4 is 58.7 Å². The van der Waals surface area contributed by atoms with Crippen molar-refractivity contribution in [2.75, 3.05) is 25.6 Å². The minimum absolute atomic E-state index is 0.0575. The van der Waals surface area contributed by atoms with E-state index in [0.717, 1.165) is 6.42 Å². The first-order valence-corrected chi connectivity index (χ1v) is 13.6. The number of imide groups is 2. The minimum Gasteiger partial charge on any atom is -0.299 e. The van der Waals surface area contributed by atoms with E-state index in [1.54, 1.807) is 12.5 Å². The van der Waals surface area contributed by atoms with Crippen LogP contribution in [0.25, 0.3) is 0 Å². The van der Waals surface area contributed by atoms with Crippen molar-refractivity contribution in [1.82, 2.24) is 9.80 Å². The van der Waals surface area contributed by atoms with E-state index in [0.29, 0.717) is 6.42 Å². The van der Waals surface area contributed by atoms with Crippen LogP contribution in [-0.4, -0.2) is 81.1 Å². The first-order valence-electron chi connectivity index (χ1n) is 11.0. The molecule has 3 rings (SSSR count). The second-order valence-electron chi connectivity index (χ2n) is 8.59. The van der Waals surface area contributed by atoms with Gasteiger partial charge in [-0.25, -0.2) is 0 Å². The van der Waals surface area contributed by atoms with Crippen LogP contribution in [-0.2, 0) is 28.8 Å². The molecule has 0 aromatic rings. The lowest BCUT2D eigenvalue weighted by Crippen LogP contribution is -2.47. The van der Waals surface area contributed by atoms with Gasteiger partial charge < -0.3 is 0 Å². The van der Waals surface area contributed by atoms with E-state index in [-0.39, 0.29) is 90.4 Å². The number of carbonyl (C=O) groups is 6. The number of rotatable bonds is 11. The molecule has 1 saturated carbocycles. The van der Waals surface area contributed by atoms with E-state index in [1.807, 2.05) is 6.92 Å². The van der Waals surface area contributed by atoms with E-state index < -0.39 is 11.8 Å². The fourth-order valence-corrected chi connectivity index (χ4v) is 6.21. The standard InChI is InChI=1S/C22H30N2O6S2/c1-4-12-9-13(14(25)5-7-23-18(27)10-16(31-2)21(23)29)20(12)15(26)6-8-24-19(28)11-17(32-3)22(24)30/h12-13,16-17,20H,4-11H2,1-3H3/t12-,13?,16?,17?,20-/m0/s1. The first kappa shape index (κ1) is 25.0. The summed E-state index contributed by atoms with van der Waals surface area (Å²) in [6.07, 6.45) is 5.41. The molecule has 3 fully saturated rings. The Hall–Kier alpha value is -1.68. The highest BCUT2D eigenvalue weighted by Gasteiger charge is 2.48. The number of amides is 4. The topological polar surface area (TPSA) is 109 Å². The number of nitrogens with zero attached hydrogens (tertiary/aromatic N) is 2. The van der Waals surface area contributed by atoms with Crippen molar-refractivity contribution in [1.29, 1.82) is 0 Å². The van der Waals surface area contributed by atoms with Crippen molar-refractivity contribution in [2.45, 2.75) is 55.9 Å². The molecule has 0 aromatic heterocycles. The van der Waals surface area contributed by atoms with Crippen LogP contribution in [0.5, 0.6) is 0 Å². The van der Waals surface area contributed by atoms with Gasteiger partial charge in [0, 0.05) is 50.6 Å². The molecule has 2 heterocycles. The van der Waals surface area contributed by atoms with Crippen LogP contribution in [0.2, 0.25) is 0 Å². The molecule has 1 aliphatic carbocycles. The minimum atomic E-state index is -0.416. The third-order valence-electron chi connectivity index (χ3n) is 6.95. The molecule has 8 nitrogen and oxygen atoms in total. The third kappa shape index (κ3) is 4.81. The Kier molecular flexibility index (Phi) is 8.19. The van der Waals surface area contributed by atoms with Crippen LogP contribution in [0.3, 0.4) is 0 Å². The zero-order valence-corrected chi connectivity index (χ0v) is 20.3. The highest BCUT2D eigenvalue weighted by Crippen LogP contribution is 2.44. The van der Waals surface area contributed by atoms with E-state index in [9.17, 15) is 28.8 Å². The lowest BCUT2D eigenvalue weighted by Gasteiger charge is -2.43. The Morgan fingerprint density at radius 2 is 1.31 bits per heavy atom. The summed E-state index contributed by atoms with van der Waals surface area (Å²) in [6, 6.07) is 0. The molecule has 4 amide bonds. The Balaban J connectivity index is 1.55. The predicted molar refractivity (Wildman–Crippen MR) is 122 cm³/mol. The monoisotopic (exact) mass is 482 g/mol. The highest BCUT2D eigenvalue weighted by molar-refractivity contribution is 8.00. The van der Waals surface area contributed by atoms with Gasteiger partial charge in [0.1, 0.15) is 11.6 Å². The molecular formula is C22H30N2O6S2. The lowest BCUT2D eigenvalue weighted by molar-refractivity contribution is -0.146. The second kappa shape index (κ2) is 10.5. The van der Waals surface area contributed by atoms with E-state index in [4.69, 9.17) is 0 Å². The van der Waals surface area contributed by atoms with Crippen LogP contribution in [0.15, 0.2) is 0 Å². The second-order valence-corrected chi connectivity index (χ2v) is 10.7. The quantitative estimate of drug-likeness (QED) is 0.408. The van der Waals surface area contributed by atoms with Gasteiger partial charge in [0.15, 0.2) is 0 Å². The molecule has 32 heavy (non-hydrogen) atoms. The fraction of sp³-hybridized carbons (Fsp3) is 0.727. The lowest BCUT2D eigenvalue weighted by atomic mass is 9.59. The molecule has 176 valence electrons. The summed E-state index contributed by atoms with van der Waals surface area (Å²) in [6.45, 7) is 2.11. The molecule has 3 aliphatic rings. The Morgan fingerprint density at radius 3 is 1.72 bits per heavy atom. The summed E-state index contributed by atoms with van der Waals surface area (Å²) < 4.78 is 0. The Bertz CT molecular complexity index is 831. The van der Waals surface area contributed by atoms with Gasteiger partial charge in [-0.2, -0.15) is 23.5 Å². The van der Waals surface area contributed by atoms with E-state index >= 15 is 0 Å². The van der Waals surface area contributed by atoms with Gasteiger partial charge >= 0.3 is 0 Å². The summed E-state index contributed by atoms with van der Waals surface area (Å²) >= 11 is 2.67. The van der Waals surface area contributed by atoms with Crippen molar-refractivity contribution in [3.05, 3.63) is 0 Å². The zero-order valence-electron chi connectivity index (χ0n) is 18.7. The molecule has 3 unspecified atom stereocenters. The number of Topliss-reactive ketones (excluding diaryl/α,β-unsaturated/α-hetero) is 2. The Labute approximate surface area is 196 Å². The van der Waals surface area contributed by atoms with E-state index in [2.05, 4.69) is 0 Å². The highest BCUT2D eigenvalue weighted by atomic mass is 32.2. The maximum atomic E-state index is 12.9. The molecule has 5 atom stereocenters. The number of hydrogen-bond acceptors (Lipinski definition) is 8. The SMILES string of the molecule is CC[C@H]1CC(C(=O)CCN2C(=O)CC(SC)C2=O)[C@H]1C(=O)CCN1C(=O)CC(SC)C1=O. The van der Waals surface area contributed by atoms with Crippen molar-refractivity contribution in [2.24, 2.45) is 17.8 Å². The van der Waals surface area contributed by atoms with Gasteiger partial charge in [-0.1, -0.05) is 13.3 Å². The molecule has 0 spiro atoms. The van der Waals surface area contributed by atoms with Crippen LogP contribution >= 0.6 is 23.5 Å². The van der Waals surface area contributed by atoms with Crippen molar-refractivity contribution in [3.63, 3.8) is 0 Å². The van der Waals surface area contributed by atoms with Crippen LogP contribution < -0.4 is 0 Å². The number of thioether (sulfide) groups is 2. The zero-order chi connectivity index (χ0) is 23.6. The molecule has 0 radical (unpaired) electrons. The maximum Gasteiger partial charge on any atom is 0.242 e. The normalized spacial score (nSPS) is 30.3. The molecular weight excluding hydrogens is 452 g/mol. The van der Waals surface area contributed by atoms with Crippen LogP contribution in [0, 0.1) is 17.8 Å². The Morgan fingerprint density at radius 1 is 0.844 bits per heavy atom. The molecule has 2 saturated heterocycles. The van der Waals surface area contributed by atoms with Gasteiger partial charge in [-0.05, 0) is 24.9 Å². The van der Waals surface area contributed by atoms with Gasteiger partial charge in [0.25, 0.3) is 0 Å². The van der Waals surface area contributed by atoms with E-state index in [1.165, 1.54) is 33.3 Å². The molecule has 10 heteroatoms. The average Bonchev–Trinajstić information content (AvgIpc) is 3.18.